The van der Waals surface area contributed by atoms with E-state index in [2.05, 4.69) is 11.9 Å². The third-order valence-corrected chi connectivity index (χ3v) is 1.93. The fraction of sp³-hybridized carbons (Fsp3) is 0.600. The van der Waals surface area contributed by atoms with Crippen LogP contribution in [-0.4, -0.2) is 22.1 Å². The smallest absolute Gasteiger partial charge is 0.374 e. The Hall–Kier alpha value is -1.32. The number of imidazole rings is 1. The molecule has 0 N–H and O–H groups in total. The fourth-order valence-electron chi connectivity index (χ4n) is 1.20. The van der Waals surface area contributed by atoms with Crippen LogP contribution in [0.3, 0.4) is 0 Å². The van der Waals surface area contributed by atoms with Crippen molar-refractivity contribution in [1.82, 2.24) is 9.55 Å². The molecule has 0 saturated carbocycles. The summed E-state index contributed by atoms with van der Waals surface area (Å²) in [6.45, 7) is 5.11. The number of hydrogen-bond donors (Lipinski definition) is 0. The number of hydrogen-bond acceptors (Lipinski definition) is 3. The van der Waals surface area contributed by atoms with E-state index in [1.165, 1.54) is 0 Å². The summed E-state index contributed by atoms with van der Waals surface area (Å²) in [6, 6.07) is 0. The van der Waals surface area contributed by atoms with Crippen LogP contribution in [0.1, 0.15) is 37.3 Å². The maximum Gasteiger partial charge on any atom is 0.374 e. The Morgan fingerprint density at radius 1 is 1.57 bits per heavy atom. The van der Waals surface area contributed by atoms with Gasteiger partial charge >= 0.3 is 5.97 Å². The second-order valence-electron chi connectivity index (χ2n) is 3.02. The molecular formula is C10H16N2O2. The van der Waals surface area contributed by atoms with Crippen molar-refractivity contribution in [3.63, 3.8) is 0 Å². The van der Waals surface area contributed by atoms with Crippen molar-refractivity contribution in [1.29, 1.82) is 0 Å². The van der Waals surface area contributed by atoms with E-state index < -0.39 is 0 Å². The summed E-state index contributed by atoms with van der Waals surface area (Å²) in [6.07, 6.45) is 5.58. The van der Waals surface area contributed by atoms with Crippen molar-refractivity contribution in [2.24, 2.45) is 0 Å². The van der Waals surface area contributed by atoms with E-state index in [0.717, 1.165) is 19.4 Å². The Balaban J connectivity index is 2.66. The minimum Gasteiger partial charge on any atom is -0.460 e. The summed E-state index contributed by atoms with van der Waals surface area (Å²) in [5, 5.41) is 0. The minimum atomic E-state index is -0.339. The van der Waals surface area contributed by atoms with Crippen LogP contribution < -0.4 is 0 Å². The maximum atomic E-state index is 11.4. The lowest BCUT2D eigenvalue weighted by atomic mass is 10.3. The summed E-state index contributed by atoms with van der Waals surface area (Å²) in [7, 11) is 0. The number of esters is 1. The van der Waals surface area contributed by atoms with Gasteiger partial charge in [0.25, 0.3) is 0 Å². The fourth-order valence-corrected chi connectivity index (χ4v) is 1.20. The van der Waals surface area contributed by atoms with E-state index in [0.29, 0.717) is 12.4 Å². The molecule has 1 aromatic heterocycles. The summed E-state index contributed by atoms with van der Waals surface area (Å²) < 4.78 is 6.72. The average Bonchev–Trinajstić information content (AvgIpc) is 2.63. The predicted octanol–water partition coefficient (Wildman–Crippen LogP) is 1.86. The number of carbonyl (C=O) groups excluding carboxylic acids is 1. The van der Waals surface area contributed by atoms with Crippen molar-refractivity contribution in [3.05, 3.63) is 18.2 Å². The summed E-state index contributed by atoms with van der Waals surface area (Å²) in [5.41, 5.74) is 0. The van der Waals surface area contributed by atoms with Gasteiger partial charge < -0.3 is 9.30 Å². The quantitative estimate of drug-likeness (QED) is 0.675. The lowest BCUT2D eigenvalue weighted by molar-refractivity contribution is 0.0506. The Labute approximate surface area is 83.9 Å². The number of rotatable bonds is 5. The molecule has 1 heterocycles. The molecule has 0 atom stereocenters. The second kappa shape index (κ2) is 5.42. The highest BCUT2D eigenvalue weighted by molar-refractivity contribution is 5.85. The Morgan fingerprint density at radius 3 is 3.00 bits per heavy atom. The van der Waals surface area contributed by atoms with Crippen LogP contribution in [0.2, 0.25) is 0 Å². The zero-order valence-electron chi connectivity index (χ0n) is 8.69. The Kier molecular flexibility index (Phi) is 4.16. The molecule has 1 rings (SSSR count). The van der Waals surface area contributed by atoms with E-state index in [1.807, 2.05) is 10.8 Å². The first kappa shape index (κ1) is 10.8. The minimum absolute atomic E-state index is 0.339. The van der Waals surface area contributed by atoms with Gasteiger partial charge in [0.1, 0.15) is 0 Å². The van der Waals surface area contributed by atoms with Crippen LogP contribution >= 0.6 is 0 Å². The van der Waals surface area contributed by atoms with Gasteiger partial charge in [-0.2, -0.15) is 0 Å². The van der Waals surface area contributed by atoms with Crippen molar-refractivity contribution in [2.75, 3.05) is 6.61 Å². The van der Waals surface area contributed by atoms with Gasteiger partial charge in [0, 0.05) is 18.9 Å². The molecule has 0 unspecified atom stereocenters. The lowest BCUT2D eigenvalue weighted by Crippen LogP contribution is -2.13. The van der Waals surface area contributed by atoms with Crippen molar-refractivity contribution >= 4 is 5.97 Å². The number of unbranched alkanes of at least 4 members (excludes halogenated alkanes) is 1. The largest absolute Gasteiger partial charge is 0.460 e. The number of nitrogens with zero attached hydrogens (tertiary/aromatic N) is 2. The highest BCUT2D eigenvalue weighted by atomic mass is 16.5. The SMILES string of the molecule is CCCCn1ccnc1C(=O)OCC. The molecule has 0 aliphatic rings. The molecule has 1 aromatic rings. The van der Waals surface area contributed by atoms with Crippen molar-refractivity contribution in [3.8, 4) is 0 Å². The van der Waals surface area contributed by atoms with Gasteiger partial charge in [-0.1, -0.05) is 13.3 Å². The van der Waals surface area contributed by atoms with E-state index in [9.17, 15) is 4.79 Å². The highest BCUT2D eigenvalue weighted by Crippen LogP contribution is 2.02. The van der Waals surface area contributed by atoms with Gasteiger partial charge in [0.15, 0.2) is 0 Å². The van der Waals surface area contributed by atoms with E-state index >= 15 is 0 Å². The molecule has 0 fully saturated rings. The van der Waals surface area contributed by atoms with Crippen LogP contribution in [0.15, 0.2) is 12.4 Å². The monoisotopic (exact) mass is 196 g/mol. The van der Waals surface area contributed by atoms with Crippen LogP contribution in [0.25, 0.3) is 0 Å². The van der Waals surface area contributed by atoms with Crippen LogP contribution in [-0.2, 0) is 11.3 Å². The highest BCUT2D eigenvalue weighted by Gasteiger charge is 2.12. The summed E-state index contributed by atoms with van der Waals surface area (Å²) in [5.74, 6) is 0.0638. The number of carbonyl (C=O) groups is 1. The lowest BCUT2D eigenvalue weighted by Gasteiger charge is -2.05. The number of aromatic nitrogens is 2. The molecule has 78 valence electrons. The van der Waals surface area contributed by atoms with Crippen LogP contribution in [0, 0.1) is 0 Å². The van der Waals surface area contributed by atoms with E-state index in [4.69, 9.17) is 4.74 Å². The Morgan fingerprint density at radius 2 is 2.36 bits per heavy atom. The molecule has 4 heteroatoms. The zero-order valence-corrected chi connectivity index (χ0v) is 8.69. The van der Waals surface area contributed by atoms with Gasteiger partial charge in [-0.3, -0.25) is 0 Å². The van der Waals surface area contributed by atoms with Crippen LogP contribution in [0.5, 0.6) is 0 Å². The first-order valence-electron chi connectivity index (χ1n) is 4.97. The van der Waals surface area contributed by atoms with Gasteiger partial charge in [-0.15, -0.1) is 0 Å². The normalized spacial score (nSPS) is 10.1. The van der Waals surface area contributed by atoms with Crippen LogP contribution in [0.4, 0.5) is 0 Å². The molecule has 0 radical (unpaired) electrons. The molecule has 0 aliphatic heterocycles. The second-order valence-corrected chi connectivity index (χ2v) is 3.02. The molecule has 0 spiro atoms. The Bertz CT molecular complexity index is 294. The zero-order chi connectivity index (χ0) is 10.4. The van der Waals surface area contributed by atoms with Gasteiger partial charge in [0.05, 0.1) is 6.61 Å². The summed E-state index contributed by atoms with van der Waals surface area (Å²) in [4.78, 5) is 15.4. The van der Waals surface area contributed by atoms with Gasteiger partial charge in [-0.25, -0.2) is 9.78 Å². The topological polar surface area (TPSA) is 44.1 Å². The van der Waals surface area contributed by atoms with Gasteiger partial charge in [0.2, 0.25) is 5.82 Å². The predicted molar refractivity (Wildman–Crippen MR) is 53.1 cm³/mol. The molecule has 0 aromatic carbocycles. The molecule has 0 aliphatic carbocycles. The third-order valence-electron chi connectivity index (χ3n) is 1.93. The maximum absolute atomic E-state index is 11.4. The first-order chi connectivity index (χ1) is 6.79. The van der Waals surface area contributed by atoms with Gasteiger partial charge in [-0.05, 0) is 13.3 Å². The molecule has 14 heavy (non-hydrogen) atoms. The molecule has 4 nitrogen and oxygen atoms in total. The molecule has 0 bridgehead atoms. The number of aryl methyl sites for hydroxylation is 1. The van der Waals surface area contributed by atoms with Crippen molar-refractivity contribution < 1.29 is 9.53 Å². The average molecular weight is 196 g/mol. The molecule has 0 saturated heterocycles. The summed E-state index contributed by atoms with van der Waals surface area (Å²) >= 11 is 0. The molecular weight excluding hydrogens is 180 g/mol. The third kappa shape index (κ3) is 2.58. The standard InChI is InChI=1S/C10H16N2O2/c1-3-5-7-12-8-6-11-9(12)10(13)14-4-2/h6,8H,3-5,7H2,1-2H3. The first-order valence-corrected chi connectivity index (χ1v) is 4.97. The molecule has 0 amide bonds. The van der Waals surface area contributed by atoms with E-state index in [1.54, 1.807) is 13.1 Å². The van der Waals surface area contributed by atoms with E-state index in [-0.39, 0.29) is 5.97 Å². The number of ether oxygens (including phenoxy) is 1. The van der Waals surface area contributed by atoms with Crippen molar-refractivity contribution in [2.45, 2.75) is 33.2 Å².